The summed E-state index contributed by atoms with van der Waals surface area (Å²) in [4.78, 5) is 4.27. The number of aromatic nitrogens is 2. The van der Waals surface area contributed by atoms with Crippen molar-refractivity contribution in [2.45, 2.75) is 13.0 Å². The van der Waals surface area contributed by atoms with Gasteiger partial charge in [-0.3, -0.25) is 0 Å². The van der Waals surface area contributed by atoms with Crippen molar-refractivity contribution in [2.24, 2.45) is 0 Å². The van der Waals surface area contributed by atoms with E-state index in [0.717, 1.165) is 11.3 Å². The molecule has 3 aromatic rings. The molecule has 0 saturated carbocycles. The number of aromatic hydroxyl groups is 1. The van der Waals surface area contributed by atoms with Gasteiger partial charge in [-0.25, -0.2) is 0 Å². The van der Waals surface area contributed by atoms with Gasteiger partial charge in [0.05, 0.1) is 6.42 Å². The van der Waals surface area contributed by atoms with E-state index in [1.165, 1.54) is 0 Å². The Balaban J connectivity index is 1.61. The molecule has 0 unspecified atom stereocenters. The van der Waals surface area contributed by atoms with Gasteiger partial charge in [-0.05, 0) is 29.8 Å². The number of hydrogen-bond donors (Lipinski definition) is 1. The van der Waals surface area contributed by atoms with Gasteiger partial charge in [0, 0.05) is 0 Å². The smallest absolute Gasteiger partial charge is 0.231 e. The van der Waals surface area contributed by atoms with Gasteiger partial charge in [0.2, 0.25) is 11.7 Å². The Labute approximate surface area is 121 Å². The Morgan fingerprint density at radius 1 is 1.05 bits per heavy atom. The predicted molar refractivity (Wildman–Crippen MR) is 76.0 cm³/mol. The molecule has 0 radical (unpaired) electrons. The van der Waals surface area contributed by atoms with Gasteiger partial charge >= 0.3 is 0 Å². The molecule has 1 aromatic heterocycles. The summed E-state index contributed by atoms with van der Waals surface area (Å²) < 4.78 is 10.7. The standard InChI is InChI=1S/C16H14N2O3/c19-13-6-4-5-12(9-13)10-16-17-15(18-21-16)11-20-14-7-2-1-3-8-14/h1-9,19H,10-11H2. The van der Waals surface area contributed by atoms with Crippen molar-refractivity contribution >= 4 is 0 Å². The van der Waals surface area contributed by atoms with Crippen molar-refractivity contribution in [3.05, 3.63) is 71.9 Å². The maximum absolute atomic E-state index is 9.42. The summed E-state index contributed by atoms with van der Waals surface area (Å²) in [6.45, 7) is 0.257. The van der Waals surface area contributed by atoms with Crippen LogP contribution in [0, 0.1) is 0 Å². The highest BCUT2D eigenvalue weighted by Crippen LogP contribution is 2.15. The third kappa shape index (κ3) is 3.60. The van der Waals surface area contributed by atoms with E-state index >= 15 is 0 Å². The van der Waals surface area contributed by atoms with Gasteiger partial charge in [0.15, 0.2) is 6.61 Å². The minimum atomic E-state index is 0.222. The zero-order chi connectivity index (χ0) is 14.5. The summed E-state index contributed by atoms with van der Waals surface area (Å²) in [5.41, 5.74) is 0.911. The Hall–Kier alpha value is -2.82. The molecule has 106 valence electrons. The highest BCUT2D eigenvalue weighted by Gasteiger charge is 2.08. The minimum Gasteiger partial charge on any atom is -0.508 e. The zero-order valence-corrected chi connectivity index (χ0v) is 11.3. The fourth-order valence-electron chi connectivity index (χ4n) is 1.93. The summed E-state index contributed by atoms with van der Waals surface area (Å²) in [6.07, 6.45) is 0.479. The van der Waals surface area contributed by atoms with Gasteiger partial charge in [-0.15, -0.1) is 0 Å². The van der Waals surface area contributed by atoms with E-state index in [4.69, 9.17) is 9.26 Å². The van der Waals surface area contributed by atoms with Crippen LogP contribution in [-0.2, 0) is 13.0 Å². The Morgan fingerprint density at radius 2 is 1.90 bits per heavy atom. The average Bonchev–Trinajstić information content (AvgIpc) is 2.94. The number of benzene rings is 2. The monoisotopic (exact) mass is 282 g/mol. The maximum Gasteiger partial charge on any atom is 0.231 e. The molecule has 0 bridgehead atoms. The molecule has 0 atom stereocenters. The van der Waals surface area contributed by atoms with E-state index < -0.39 is 0 Å². The van der Waals surface area contributed by atoms with Crippen LogP contribution in [0.3, 0.4) is 0 Å². The molecule has 3 rings (SSSR count). The molecule has 1 N–H and O–H groups in total. The van der Waals surface area contributed by atoms with Gasteiger partial charge < -0.3 is 14.4 Å². The topological polar surface area (TPSA) is 68.4 Å². The number of nitrogens with zero attached hydrogens (tertiary/aromatic N) is 2. The van der Waals surface area contributed by atoms with Crippen LogP contribution in [0.4, 0.5) is 0 Å². The summed E-state index contributed by atoms with van der Waals surface area (Å²) in [5, 5.41) is 13.3. The second-order valence-electron chi connectivity index (χ2n) is 4.55. The highest BCUT2D eigenvalue weighted by molar-refractivity contribution is 5.28. The quantitative estimate of drug-likeness (QED) is 0.779. The zero-order valence-electron chi connectivity index (χ0n) is 11.3. The third-order valence-electron chi connectivity index (χ3n) is 2.89. The SMILES string of the molecule is Oc1cccc(Cc2nc(COc3ccccc3)no2)c1. The van der Waals surface area contributed by atoms with Crippen molar-refractivity contribution in [1.29, 1.82) is 0 Å². The van der Waals surface area contributed by atoms with Crippen molar-refractivity contribution < 1.29 is 14.4 Å². The number of ether oxygens (including phenoxy) is 1. The van der Waals surface area contributed by atoms with Crippen LogP contribution in [0.25, 0.3) is 0 Å². The van der Waals surface area contributed by atoms with Crippen LogP contribution in [0.5, 0.6) is 11.5 Å². The molecule has 21 heavy (non-hydrogen) atoms. The van der Waals surface area contributed by atoms with E-state index in [0.29, 0.717) is 18.1 Å². The molecular weight excluding hydrogens is 268 g/mol. The van der Waals surface area contributed by atoms with Crippen LogP contribution >= 0.6 is 0 Å². The Morgan fingerprint density at radius 3 is 2.71 bits per heavy atom. The lowest BCUT2D eigenvalue weighted by Crippen LogP contribution is -1.97. The second kappa shape index (κ2) is 6.09. The van der Waals surface area contributed by atoms with E-state index in [1.54, 1.807) is 18.2 Å². The van der Waals surface area contributed by atoms with Crippen LogP contribution in [0.1, 0.15) is 17.3 Å². The van der Waals surface area contributed by atoms with E-state index in [1.807, 2.05) is 36.4 Å². The predicted octanol–water partition coefficient (Wildman–Crippen LogP) is 2.95. The first kappa shape index (κ1) is 13.2. The molecule has 2 aromatic carbocycles. The molecule has 0 saturated heterocycles. The molecule has 1 heterocycles. The molecular formula is C16H14N2O3. The lowest BCUT2D eigenvalue weighted by molar-refractivity contribution is 0.285. The highest BCUT2D eigenvalue weighted by atomic mass is 16.5. The fraction of sp³-hybridized carbons (Fsp3) is 0.125. The van der Waals surface area contributed by atoms with Crippen molar-refractivity contribution in [3.63, 3.8) is 0 Å². The van der Waals surface area contributed by atoms with Gasteiger partial charge in [0.25, 0.3) is 0 Å². The van der Waals surface area contributed by atoms with Crippen LogP contribution < -0.4 is 4.74 Å². The number of phenols is 1. The summed E-state index contributed by atoms with van der Waals surface area (Å²) in [5.74, 6) is 1.97. The first-order valence-corrected chi connectivity index (χ1v) is 6.57. The molecule has 5 heteroatoms. The van der Waals surface area contributed by atoms with Crippen molar-refractivity contribution in [2.75, 3.05) is 0 Å². The van der Waals surface area contributed by atoms with Gasteiger partial charge in [-0.1, -0.05) is 35.5 Å². The van der Waals surface area contributed by atoms with E-state index in [2.05, 4.69) is 10.1 Å². The molecule has 0 amide bonds. The first-order chi connectivity index (χ1) is 10.3. The maximum atomic E-state index is 9.42. The Bertz CT molecular complexity index is 710. The van der Waals surface area contributed by atoms with Crippen molar-refractivity contribution in [3.8, 4) is 11.5 Å². The third-order valence-corrected chi connectivity index (χ3v) is 2.89. The van der Waals surface area contributed by atoms with Crippen LogP contribution in [0.15, 0.2) is 59.1 Å². The van der Waals surface area contributed by atoms with Crippen LogP contribution in [-0.4, -0.2) is 15.2 Å². The van der Waals surface area contributed by atoms with Crippen molar-refractivity contribution in [1.82, 2.24) is 10.1 Å². The number of rotatable bonds is 5. The number of para-hydroxylation sites is 1. The van der Waals surface area contributed by atoms with Gasteiger partial charge in [0.1, 0.15) is 11.5 Å². The van der Waals surface area contributed by atoms with Crippen LogP contribution in [0.2, 0.25) is 0 Å². The number of phenolic OH excluding ortho intramolecular Hbond substituents is 1. The molecule has 0 fully saturated rings. The summed E-state index contributed by atoms with van der Waals surface area (Å²) in [6, 6.07) is 16.4. The Kier molecular flexibility index (Phi) is 3.82. The minimum absolute atomic E-state index is 0.222. The lowest BCUT2D eigenvalue weighted by Gasteiger charge is -2.01. The fourth-order valence-corrected chi connectivity index (χ4v) is 1.93. The normalized spacial score (nSPS) is 10.5. The number of hydrogen-bond acceptors (Lipinski definition) is 5. The molecule has 0 aliphatic rings. The van der Waals surface area contributed by atoms with E-state index in [-0.39, 0.29) is 12.4 Å². The molecule has 0 aliphatic heterocycles. The first-order valence-electron chi connectivity index (χ1n) is 6.57. The summed E-state index contributed by atoms with van der Waals surface area (Å²) >= 11 is 0. The molecule has 0 aliphatic carbocycles. The average molecular weight is 282 g/mol. The van der Waals surface area contributed by atoms with Gasteiger partial charge in [-0.2, -0.15) is 4.98 Å². The lowest BCUT2D eigenvalue weighted by atomic mass is 10.1. The van der Waals surface area contributed by atoms with E-state index in [9.17, 15) is 5.11 Å². The molecule has 5 nitrogen and oxygen atoms in total. The summed E-state index contributed by atoms with van der Waals surface area (Å²) in [7, 11) is 0. The molecule has 0 spiro atoms. The largest absolute Gasteiger partial charge is 0.508 e. The second-order valence-corrected chi connectivity index (χ2v) is 4.55.